The van der Waals surface area contributed by atoms with Gasteiger partial charge in [0, 0.05) is 31.9 Å². The number of hydrogen-bond donors (Lipinski definition) is 2. The molecule has 2 N–H and O–H groups in total. The highest BCUT2D eigenvalue weighted by Crippen LogP contribution is 2.25. The molecule has 2 heterocycles. The highest BCUT2D eigenvalue weighted by molar-refractivity contribution is 7.89. The zero-order valence-electron chi connectivity index (χ0n) is 14.5. The molecule has 1 amide bonds. The zero-order valence-corrected chi connectivity index (χ0v) is 15.3. The number of nitrogens with zero attached hydrogens (tertiary/aromatic N) is 3. The second-order valence-electron chi connectivity index (χ2n) is 6.36. The van der Waals surface area contributed by atoms with Gasteiger partial charge in [0.2, 0.25) is 10.0 Å². The molecular weight excluding hydrogens is 361 g/mol. The molecular formula is C15H22BN3O6S. The monoisotopic (exact) mass is 383 g/mol. The lowest BCUT2D eigenvalue weighted by atomic mass is 9.84. The summed E-state index contributed by atoms with van der Waals surface area (Å²) < 4.78 is 31.9. The van der Waals surface area contributed by atoms with E-state index in [-0.39, 0.29) is 18.0 Å². The molecule has 2 aliphatic rings. The van der Waals surface area contributed by atoms with Crippen molar-refractivity contribution in [1.82, 2.24) is 9.12 Å². The second kappa shape index (κ2) is 7.53. The Morgan fingerprint density at radius 1 is 1.19 bits per heavy atom. The Bertz CT molecular complexity index is 749. The third-order valence-corrected chi connectivity index (χ3v) is 6.58. The lowest BCUT2D eigenvalue weighted by Crippen LogP contribution is -2.52. The molecule has 142 valence electrons. The van der Waals surface area contributed by atoms with E-state index in [1.165, 1.54) is 21.3 Å². The quantitative estimate of drug-likeness (QED) is 0.655. The minimum absolute atomic E-state index is 0.151. The Balaban J connectivity index is 1.71. The number of amides is 1. The minimum Gasteiger partial charge on any atom is -0.441 e. The molecule has 2 fully saturated rings. The summed E-state index contributed by atoms with van der Waals surface area (Å²) in [5.41, 5.74) is 0.517. The summed E-state index contributed by atoms with van der Waals surface area (Å²) in [6, 6.07) is 6.04. The van der Waals surface area contributed by atoms with Gasteiger partial charge >= 0.3 is 13.1 Å². The molecule has 0 spiro atoms. The van der Waals surface area contributed by atoms with E-state index in [9.17, 15) is 18.2 Å². The Labute approximate surface area is 152 Å². The predicted molar refractivity (Wildman–Crippen MR) is 95.3 cm³/mol. The number of sulfonamides is 1. The summed E-state index contributed by atoms with van der Waals surface area (Å²) in [4.78, 5) is 15.1. The first-order valence-electron chi connectivity index (χ1n) is 8.44. The van der Waals surface area contributed by atoms with Crippen LogP contribution >= 0.6 is 0 Å². The average molecular weight is 383 g/mol. The number of cyclic esters (lactones) is 1. The maximum absolute atomic E-state index is 12.8. The number of carbonyl (C=O) groups excluding carboxylic acids is 1. The van der Waals surface area contributed by atoms with E-state index < -0.39 is 29.3 Å². The van der Waals surface area contributed by atoms with E-state index in [1.54, 1.807) is 19.0 Å². The van der Waals surface area contributed by atoms with Crippen LogP contribution in [0, 0.1) is 0 Å². The molecule has 3 rings (SSSR count). The van der Waals surface area contributed by atoms with Crippen LogP contribution in [0.2, 0.25) is 6.82 Å². The topological polar surface area (TPSA) is 111 Å². The molecule has 0 bridgehead atoms. The van der Waals surface area contributed by atoms with E-state index in [0.29, 0.717) is 31.9 Å². The van der Waals surface area contributed by atoms with Crippen molar-refractivity contribution in [3.8, 4) is 0 Å². The lowest BCUT2D eigenvalue weighted by Gasteiger charge is -2.34. The van der Waals surface area contributed by atoms with E-state index in [4.69, 9.17) is 9.84 Å². The molecule has 1 atom stereocenters. The molecule has 0 aromatic heterocycles. The number of piperazine rings is 1. The van der Waals surface area contributed by atoms with Gasteiger partial charge in [0.25, 0.3) is 0 Å². The Morgan fingerprint density at radius 3 is 2.31 bits per heavy atom. The fraction of sp³-hybridized carbons (Fsp3) is 0.533. The van der Waals surface area contributed by atoms with Crippen LogP contribution in [0.5, 0.6) is 0 Å². The summed E-state index contributed by atoms with van der Waals surface area (Å²) in [5, 5.41) is 18.7. The van der Waals surface area contributed by atoms with Crippen molar-refractivity contribution in [2.45, 2.75) is 17.8 Å². The molecule has 1 unspecified atom stereocenters. The number of ether oxygens (including phenoxy) is 1. The van der Waals surface area contributed by atoms with E-state index in [2.05, 4.69) is 0 Å². The van der Waals surface area contributed by atoms with Crippen LogP contribution in [-0.4, -0.2) is 86.2 Å². The summed E-state index contributed by atoms with van der Waals surface area (Å²) in [6.45, 7) is 3.19. The number of rotatable bonds is 5. The van der Waals surface area contributed by atoms with Gasteiger partial charge in [-0.05, 0) is 31.1 Å². The largest absolute Gasteiger partial charge is 0.441 e. The average Bonchev–Trinajstić information content (AvgIpc) is 3.03. The van der Waals surface area contributed by atoms with Crippen LogP contribution in [0.25, 0.3) is 0 Å². The third-order valence-electron chi connectivity index (χ3n) is 4.67. The van der Waals surface area contributed by atoms with Gasteiger partial charge in [-0.2, -0.15) is 4.31 Å². The molecule has 1 aromatic rings. The Kier molecular flexibility index (Phi) is 5.54. The smallest absolute Gasteiger partial charge is 0.414 e. The number of hydrogen-bond acceptors (Lipinski definition) is 7. The van der Waals surface area contributed by atoms with Crippen molar-refractivity contribution in [1.29, 1.82) is 0 Å². The highest BCUT2D eigenvalue weighted by atomic mass is 32.2. The van der Waals surface area contributed by atoms with Crippen molar-refractivity contribution >= 4 is 28.9 Å². The van der Waals surface area contributed by atoms with Crippen LogP contribution in [0.15, 0.2) is 29.2 Å². The standard InChI is InChI=1S/C15H22BN3O6S/c1-16(22)17-6-8-18(9-7-17)26(23,24)14-4-2-12(3-5-14)19-10-13(11-20)25-15(19)21/h2-5,13,20,22H,6-11H2,1H3. The number of carbonyl (C=O) groups is 1. The van der Waals surface area contributed by atoms with Gasteiger partial charge in [-0.15, -0.1) is 0 Å². The van der Waals surface area contributed by atoms with Crippen LogP contribution in [0.1, 0.15) is 0 Å². The van der Waals surface area contributed by atoms with Gasteiger partial charge in [-0.25, -0.2) is 13.2 Å². The molecule has 0 saturated carbocycles. The maximum Gasteiger partial charge on any atom is 0.414 e. The number of anilines is 1. The van der Waals surface area contributed by atoms with Gasteiger partial charge in [0.1, 0.15) is 6.10 Å². The molecule has 26 heavy (non-hydrogen) atoms. The second-order valence-corrected chi connectivity index (χ2v) is 8.30. The fourth-order valence-corrected chi connectivity index (χ4v) is 4.51. The van der Waals surface area contributed by atoms with E-state index in [0.717, 1.165) is 0 Å². The zero-order chi connectivity index (χ0) is 18.9. The fourth-order valence-electron chi connectivity index (χ4n) is 3.09. The van der Waals surface area contributed by atoms with Crippen LogP contribution < -0.4 is 4.90 Å². The first kappa shape index (κ1) is 19.1. The molecule has 2 aliphatic heterocycles. The summed E-state index contributed by atoms with van der Waals surface area (Å²) >= 11 is 0. The number of aliphatic hydroxyl groups excluding tert-OH is 1. The molecule has 0 radical (unpaired) electrons. The van der Waals surface area contributed by atoms with E-state index in [1.807, 2.05) is 4.81 Å². The Hall–Kier alpha value is -1.66. The first-order valence-corrected chi connectivity index (χ1v) is 9.88. The van der Waals surface area contributed by atoms with Crippen LogP contribution in [-0.2, 0) is 14.8 Å². The van der Waals surface area contributed by atoms with Crippen molar-refractivity contribution < 1.29 is 28.1 Å². The third kappa shape index (κ3) is 3.72. The van der Waals surface area contributed by atoms with E-state index >= 15 is 0 Å². The van der Waals surface area contributed by atoms with Crippen molar-refractivity contribution in [3.05, 3.63) is 24.3 Å². The van der Waals surface area contributed by atoms with Gasteiger partial charge in [-0.3, -0.25) is 4.90 Å². The molecule has 1 aromatic carbocycles. The maximum atomic E-state index is 12.8. The normalized spacial score (nSPS) is 22.5. The van der Waals surface area contributed by atoms with Crippen molar-refractivity contribution in [2.24, 2.45) is 0 Å². The summed E-state index contributed by atoms with van der Waals surface area (Å²) in [5.74, 6) is 0. The Morgan fingerprint density at radius 2 is 1.81 bits per heavy atom. The minimum atomic E-state index is -3.63. The van der Waals surface area contributed by atoms with Gasteiger partial charge in [-0.1, -0.05) is 0 Å². The van der Waals surface area contributed by atoms with Crippen LogP contribution in [0.4, 0.5) is 10.5 Å². The van der Waals surface area contributed by atoms with Gasteiger partial charge < -0.3 is 19.7 Å². The SMILES string of the molecule is CB(O)N1CCN(S(=O)(=O)c2ccc(N3CC(CO)OC3=O)cc2)CC1. The molecule has 0 aliphatic carbocycles. The summed E-state index contributed by atoms with van der Waals surface area (Å²) in [7, 11) is -4.23. The number of aliphatic hydroxyl groups is 1. The summed E-state index contributed by atoms with van der Waals surface area (Å²) in [6.07, 6.45) is -1.13. The van der Waals surface area contributed by atoms with Crippen molar-refractivity contribution in [3.63, 3.8) is 0 Å². The predicted octanol–water partition coefficient (Wildman–Crippen LogP) is -0.579. The van der Waals surface area contributed by atoms with Crippen molar-refractivity contribution in [2.75, 3.05) is 44.2 Å². The van der Waals surface area contributed by atoms with Gasteiger partial charge in [0.15, 0.2) is 0 Å². The van der Waals surface area contributed by atoms with Crippen LogP contribution in [0.3, 0.4) is 0 Å². The lowest BCUT2D eigenvalue weighted by molar-refractivity contribution is 0.0963. The molecule has 2 saturated heterocycles. The highest BCUT2D eigenvalue weighted by Gasteiger charge is 2.33. The molecule has 9 nitrogen and oxygen atoms in total. The molecule has 11 heteroatoms. The first-order chi connectivity index (χ1) is 12.3. The van der Waals surface area contributed by atoms with Gasteiger partial charge in [0.05, 0.1) is 18.0 Å². The number of benzene rings is 1.